The molecule has 0 spiro atoms. The van der Waals surface area contributed by atoms with Crippen LogP contribution in [0.5, 0.6) is 5.75 Å². The maximum Gasteiger partial charge on any atom is 0.418 e. The number of hydrogen-bond donors (Lipinski definition) is 2. The van der Waals surface area contributed by atoms with E-state index in [1.165, 1.54) is 30.3 Å². The van der Waals surface area contributed by atoms with Crippen LogP contribution in [0.3, 0.4) is 0 Å². The Morgan fingerprint density at radius 2 is 1.80 bits per heavy atom. The van der Waals surface area contributed by atoms with Gasteiger partial charge in [0.2, 0.25) is 0 Å². The number of halogens is 3. The van der Waals surface area contributed by atoms with Gasteiger partial charge in [-0.15, -0.1) is 0 Å². The van der Waals surface area contributed by atoms with Crippen LogP contribution in [0.1, 0.15) is 18.1 Å². The Hall–Kier alpha value is -3.80. The number of para-hydroxylation sites is 1. The molecular weight excluding hydrogens is 399 g/mol. The zero-order valence-corrected chi connectivity index (χ0v) is 15.9. The molecule has 2 aromatic rings. The third-order valence-electron chi connectivity index (χ3n) is 3.78. The molecule has 0 saturated carbocycles. The molecule has 2 rings (SSSR count). The smallest absolute Gasteiger partial charge is 0.418 e. The minimum atomic E-state index is -4.65. The zero-order chi connectivity index (χ0) is 22.1. The van der Waals surface area contributed by atoms with E-state index in [-0.39, 0.29) is 18.1 Å². The van der Waals surface area contributed by atoms with Gasteiger partial charge in [-0.25, -0.2) is 0 Å². The predicted molar refractivity (Wildman–Crippen MR) is 104 cm³/mol. The fourth-order valence-electron chi connectivity index (χ4n) is 2.40. The Morgan fingerprint density at radius 1 is 1.13 bits per heavy atom. The third kappa shape index (κ3) is 6.38. The maximum absolute atomic E-state index is 13.1. The van der Waals surface area contributed by atoms with E-state index in [1.54, 1.807) is 25.1 Å². The fraction of sp³-hybridized carbons (Fsp3) is 0.190. The molecule has 0 radical (unpaired) electrons. The summed E-state index contributed by atoms with van der Waals surface area (Å²) in [4.78, 5) is 23.7. The average molecular weight is 417 g/mol. The highest BCUT2D eigenvalue weighted by molar-refractivity contribution is 6.10. The summed E-state index contributed by atoms with van der Waals surface area (Å²) >= 11 is 0. The molecule has 0 unspecified atom stereocenters. The molecule has 2 aromatic carbocycles. The predicted octanol–water partition coefficient (Wildman–Crippen LogP) is 3.77. The van der Waals surface area contributed by atoms with Crippen molar-refractivity contribution < 1.29 is 27.5 Å². The second kappa shape index (κ2) is 10.1. The van der Waals surface area contributed by atoms with E-state index in [0.717, 1.165) is 12.1 Å². The highest BCUT2D eigenvalue weighted by atomic mass is 19.4. The molecule has 6 nitrogen and oxygen atoms in total. The Morgan fingerprint density at radius 3 is 2.40 bits per heavy atom. The zero-order valence-electron chi connectivity index (χ0n) is 15.9. The summed E-state index contributed by atoms with van der Waals surface area (Å²) < 4.78 is 44.5. The summed E-state index contributed by atoms with van der Waals surface area (Å²) in [5, 5.41) is 14.0. The number of ether oxygens (including phenoxy) is 1. The number of carbonyl (C=O) groups excluding carboxylic acids is 2. The van der Waals surface area contributed by atoms with Crippen LogP contribution in [-0.4, -0.2) is 25.0 Å². The van der Waals surface area contributed by atoms with Gasteiger partial charge >= 0.3 is 6.18 Å². The van der Waals surface area contributed by atoms with E-state index < -0.39 is 23.3 Å². The van der Waals surface area contributed by atoms with Gasteiger partial charge in [-0.05, 0) is 42.8 Å². The number of nitrogens with one attached hydrogen (secondary N) is 2. The van der Waals surface area contributed by atoms with E-state index in [4.69, 9.17) is 4.74 Å². The summed E-state index contributed by atoms with van der Waals surface area (Å²) in [6.07, 6.45) is -3.41. The summed E-state index contributed by atoms with van der Waals surface area (Å²) in [6.45, 7) is 2.11. The van der Waals surface area contributed by atoms with Gasteiger partial charge < -0.3 is 15.4 Å². The molecule has 0 heterocycles. The van der Waals surface area contributed by atoms with Crippen molar-refractivity contribution >= 4 is 23.6 Å². The van der Waals surface area contributed by atoms with E-state index >= 15 is 0 Å². The number of rotatable bonds is 7. The lowest BCUT2D eigenvalue weighted by Crippen LogP contribution is -2.28. The molecule has 0 bridgehead atoms. The number of nitrogens with zero attached hydrogens (tertiary/aromatic N) is 1. The standard InChI is InChI=1S/C21H18F3N3O3/c1-2-26-19(28)13-30-16-9-7-14(8-10-16)11-15(12-25)20(29)27-18-6-4-3-5-17(18)21(22,23)24/h3-11H,2,13H2,1H3,(H,26,28)(H,27,29)/b15-11-. The number of benzene rings is 2. The van der Waals surface area contributed by atoms with Crippen LogP contribution in [0.2, 0.25) is 0 Å². The van der Waals surface area contributed by atoms with E-state index in [9.17, 15) is 28.0 Å². The molecule has 156 valence electrons. The average Bonchev–Trinajstić information content (AvgIpc) is 2.71. The van der Waals surface area contributed by atoms with Crippen molar-refractivity contribution in [3.05, 3.63) is 65.2 Å². The van der Waals surface area contributed by atoms with E-state index in [1.807, 2.05) is 0 Å². The molecule has 2 amide bonds. The van der Waals surface area contributed by atoms with Gasteiger partial charge in [-0.3, -0.25) is 9.59 Å². The van der Waals surface area contributed by atoms with Crippen molar-refractivity contribution in [3.63, 3.8) is 0 Å². The van der Waals surface area contributed by atoms with Crippen LogP contribution in [0.4, 0.5) is 18.9 Å². The maximum atomic E-state index is 13.1. The molecule has 2 N–H and O–H groups in total. The van der Waals surface area contributed by atoms with Gasteiger partial charge in [-0.2, -0.15) is 18.4 Å². The number of carbonyl (C=O) groups is 2. The van der Waals surface area contributed by atoms with Crippen LogP contribution in [0.15, 0.2) is 54.1 Å². The van der Waals surface area contributed by atoms with Gasteiger partial charge in [0.05, 0.1) is 11.3 Å². The lowest BCUT2D eigenvalue weighted by atomic mass is 10.1. The first-order chi connectivity index (χ1) is 14.2. The first-order valence-corrected chi connectivity index (χ1v) is 8.83. The Kier molecular flexibility index (Phi) is 7.58. The van der Waals surface area contributed by atoms with E-state index in [2.05, 4.69) is 10.6 Å². The first kappa shape index (κ1) is 22.5. The number of alkyl halides is 3. The largest absolute Gasteiger partial charge is 0.484 e. The molecule has 0 aliphatic carbocycles. The van der Waals surface area contributed by atoms with Gasteiger partial charge in [0.15, 0.2) is 6.61 Å². The fourth-order valence-corrected chi connectivity index (χ4v) is 2.40. The summed E-state index contributed by atoms with van der Waals surface area (Å²) in [5.74, 6) is -0.838. The number of anilines is 1. The molecular formula is C21H18F3N3O3. The lowest BCUT2D eigenvalue weighted by molar-refractivity contribution is -0.137. The van der Waals surface area contributed by atoms with Crippen molar-refractivity contribution in [1.29, 1.82) is 5.26 Å². The number of hydrogen-bond acceptors (Lipinski definition) is 4. The van der Waals surface area contributed by atoms with Crippen molar-refractivity contribution in [2.24, 2.45) is 0 Å². The van der Waals surface area contributed by atoms with Crippen LogP contribution < -0.4 is 15.4 Å². The minimum Gasteiger partial charge on any atom is -0.484 e. The number of nitriles is 1. The SMILES string of the molecule is CCNC(=O)COc1ccc(/C=C(/C#N)C(=O)Nc2ccccc2C(F)(F)F)cc1. The highest BCUT2D eigenvalue weighted by Gasteiger charge is 2.33. The van der Waals surface area contributed by atoms with E-state index in [0.29, 0.717) is 17.9 Å². The van der Waals surface area contributed by atoms with Crippen molar-refractivity contribution in [2.75, 3.05) is 18.5 Å². The highest BCUT2D eigenvalue weighted by Crippen LogP contribution is 2.34. The molecule has 9 heteroatoms. The topological polar surface area (TPSA) is 91.2 Å². The number of amides is 2. The van der Waals surface area contributed by atoms with Gasteiger partial charge in [0.25, 0.3) is 11.8 Å². The minimum absolute atomic E-state index is 0.159. The molecule has 0 aliphatic heterocycles. The van der Waals surface area contributed by atoms with Gasteiger partial charge in [0.1, 0.15) is 17.4 Å². The second-order valence-electron chi connectivity index (χ2n) is 5.98. The Labute approximate surface area is 171 Å². The third-order valence-corrected chi connectivity index (χ3v) is 3.78. The normalized spacial score (nSPS) is 11.4. The van der Waals surface area contributed by atoms with Crippen molar-refractivity contribution in [1.82, 2.24) is 5.32 Å². The summed E-state index contributed by atoms with van der Waals surface area (Å²) in [6, 6.07) is 12.3. The molecule has 30 heavy (non-hydrogen) atoms. The Balaban J connectivity index is 2.11. The summed E-state index contributed by atoms with van der Waals surface area (Å²) in [5.41, 5.74) is -1.37. The second-order valence-corrected chi connectivity index (χ2v) is 5.98. The molecule has 0 saturated heterocycles. The van der Waals surface area contributed by atoms with Gasteiger partial charge in [0, 0.05) is 6.54 Å². The number of likely N-dealkylation sites (N-methyl/N-ethyl adjacent to an activating group) is 1. The first-order valence-electron chi connectivity index (χ1n) is 8.83. The summed E-state index contributed by atoms with van der Waals surface area (Å²) in [7, 11) is 0. The Bertz CT molecular complexity index is 977. The lowest BCUT2D eigenvalue weighted by Gasteiger charge is -2.13. The molecule has 0 atom stereocenters. The molecule has 0 aliphatic rings. The monoisotopic (exact) mass is 417 g/mol. The van der Waals surface area contributed by atoms with Crippen LogP contribution in [0, 0.1) is 11.3 Å². The molecule has 0 fully saturated rings. The van der Waals surface area contributed by atoms with Gasteiger partial charge in [-0.1, -0.05) is 24.3 Å². The van der Waals surface area contributed by atoms with Crippen molar-refractivity contribution in [2.45, 2.75) is 13.1 Å². The van der Waals surface area contributed by atoms with Crippen LogP contribution in [0.25, 0.3) is 6.08 Å². The van der Waals surface area contributed by atoms with Crippen molar-refractivity contribution in [3.8, 4) is 11.8 Å². The van der Waals surface area contributed by atoms with Crippen LogP contribution >= 0.6 is 0 Å². The van der Waals surface area contributed by atoms with Crippen LogP contribution in [-0.2, 0) is 15.8 Å². The quantitative estimate of drug-likeness (QED) is 0.530. The molecule has 0 aromatic heterocycles.